The van der Waals surface area contributed by atoms with E-state index in [1.165, 1.54) is 17.8 Å². The molecular weight excluding hydrogens is 300 g/mol. The van der Waals surface area contributed by atoms with Crippen LogP contribution in [0.5, 0.6) is 0 Å². The molecule has 0 spiro atoms. The van der Waals surface area contributed by atoms with Gasteiger partial charge in [0, 0.05) is 12.0 Å². The number of nitrogens with one attached hydrogen (secondary N) is 1. The molecule has 2 fully saturated rings. The van der Waals surface area contributed by atoms with Gasteiger partial charge in [-0.2, -0.15) is 0 Å². The Morgan fingerprint density at radius 1 is 1.50 bits per heavy atom. The zero-order valence-corrected chi connectivity index (χ0v) is 13.2. The van der Waals surface area contributed by atoms with E-state index in [1.807, 2.05) is 11.0 Å². The van der Waals surface area contributed by atoms with Crippen LogP contribution in [0.15, 0.2) is 22.1 Å². The van der Waals surface area contributed by atoms with Crippen molar-refractivity contribution in [3.8, 4) is 0 Å². The van der Waals surface area contributed by atoms with Gasteiger partial charge in [0.1, 0.15) is 17.0 Å². The summed E-state index contributed by atoms with van der Waals surface area (Å²) in [5.41, 5.74) is 1.60. The predicted molar refractivity (Wildman–Crippen MR) is 82.7 cm³/mol. The molecule has 2 saturated carbocycles. The van der Waals surface area contributed by atoms with Crippen molar-refractivity contribution in [2.45, 2.75) is 44.7 Å². The third-order valence-corrected chi connectivity index (χ3v) is 4.91. The minimum Gasteiger partial charge on any atom is -0.464 e. The first-order valence-electron chi connectivity index (χ1n) is 7.63. The highest BCUT2D eigenvalue weighted by atomic mass is 32.1. The Morgan fingerprint density at radius 3 is 2.95 bits per heavy atom. The number of carbonyl (C=O) groups excluding carboxylic acids is 1. The zero-order valence-electron chi connectivity index (χ0n) is 12.4. The number of carbonyl (C=O) groups is 1. The van der Waals surface area contributed by atoms with Crippen molar-refractivity contribution in [3.05, 3.63) is 29.2 Å². The third-order valence-electron chi connectivity index (χ3n) is 4.31. The van der Waals surface area contributed by atoms with Crippen LogP contribution in [0.25, 0.3) is 0 Å². The number of hydrogen-bond acceptors (Lipinski definition) is 5. The molecule has 6 nitrogen and oxygen atoms in total. The summed E-state index contributed by atoms with van der Waals surface area (Å²) >= 11 is 1.32. The SMILES string of the molecule is C[C@H]1C[C@H]1c1ccc(CN(C(=O)Nc2nncs2)C2CC2)o1. The number of furan rings is 1. The molecule has 7 heteroatoms. The number of urea groups is 1. The van der Waals surface area contributed by atoms with Crippen LogP contribution < -0.4 is 5.32 Å². The van der Waals surface area contributed by atoms with Gasteiger partial charge in [-0.05, 0) is 37.3 Å². The second-order valence-corrected chi connectivity index (χ2v) is 6.99. The Balaban J connectivity index is 1.43. The summed E-state index contributed by atoms with van der Waals surface area (Å²) in [6, 6.07) is 4.23. The van der Waals surface area contributed by atoms with Crippen LogP contribution in [0, 0.1) is 5.92 Å². The first kappa shape index (κ1) is 13.8. The average molecular weight is 318 g/mol. The highest BCUT2D eigenvalue weighted by molar-refractivity contribution is 7.13. The number of anilines is 1. The lowest BCUT2D eigenvalue weighted by atomic mass is 10.3. The quantitative estimate of drug-likeness (QED) is 0.916. The smallest absolute Gasteiger partial charge is 0.324 e. The van der Waals surface area contributed by atoms with Gasteiger partial charge >= 0.3 is 6.03 Å². The molecule has 2 aromatic heterocycles. The van der Waals surface area contributed by atoms with Gasteiger partial charge < -0.3 is 9.32 Å². The van der Waals surface area contributed by atoms with E-state index in [2.05, 4.69) is 28.5 Å². The van der Waals surface area contributed by atoms with E-state index < -0.39 is 0 Å². The minimum atomic E-state index is -0.128. The second-order valence-electron chi connectivity index (χ2n) is 6.16. The minimum absolute atomic E-state index is 0.128. The molecule has 2 atom stereocenters. The molecule has 0 unspecified atom stereocenters. The molecule has 0 bridgehead atoms. The third kappa shape index (κ3) is 2.85. The van der Waals surface area contributed by atoms with Crippen molar-refractivity contribution in [2.75, 3.05) is 5.32 Å². The molecule has 2 aliphatic rings. The summed E-state index contributed by atoms with van der Waals surface area (Å²) in [7, 11) is 0. The van der Waals surface area contributed by atoms with Gasteiger partial charge in [-0.3, -0.25) is 5.32 Å². The summed E-state index contributed by atoms with van der Waals surface area (Å²) in [5.74, 6) is 3.20. The molecule has 2 aliphatic carbocycles. The maximum atomic E-state index is 12.4. The van der Waals surface area contributed by atoms with E-state index >= 15 is 0 Å². The Hall–Kier alpha value is -1.89. The van der Waals surface area contributed by atoms with Gasteiger partial charge in [-0.1, -0.05) is 18.3 Å². The van der Waals surface area contributed by atoms with E-state index in [9.17, 15) is 4.79 Å². The van der Waals surface area contributed by atoms with Gasteiger partial charge in [-0.25, -0.2) is 4.79 Å². The number of aromatic nitrogens is 2. The van der Waals surface area contributed by atoms with Crippen LogP contribution >= 0.6 is 11.3 Å². The second kappa shape index (κ2) is 5.39. The number of hydrogen-bond donors (Lipinski definition) is 1. The largest absolute Gasteiger partial charge is 0.464 e. The lowest BCUT2D eigenvalue weighted by Gasteiger charge is -2.20. The van der Waals surface area contributed by atoms with Crippen LogP contribution in [-0.4, -0.2) is 27.2 Å². The maximum Gasteiger partial charge on any atom is 0.324 e. The fraction of sp³-hybridized carbons (Fsp3) is 0.533. The van der Waals surface area contributed by atoms with Crippen molar-refractivity contribution in [1.82, 2.24) is 15.1 Å². The Kier molecular flexibility index (Phi) is 3.37. The molecule has 0 aliphatic heterocycles. The number of amides is 2. The Morgan fingerprint density at radius 2 is 2.32 bits per heavy atom. The first-order chi connectivity index (χ1) is 10.7. The molecular formula is C15H18N4O2S. The molecule has 116 valence electrons. The first-order valence-corrected chi connectivity index (χ1v) is 8.51. The lowest BCUT2D eigenvalue weighted by molar-refractivity contribution is 0.200. The zero-order chi connectivity index (χ0) is 15.1. The summed E-state index contributed by atoms with van der Waals surface area (Å²) in [4.78, 5) is 14.2. The van der Waals surface area contributed by atoms with E-state index in [1.54, 1.807) is 5.51 Å². The topological polar surface area (TPSA) is 71.3 Å². The average Bonchev–Trinajstić information content (AvgIpc) is 3.36. The normalized spacial score (nSPS) is 23.3. The van der Waals surface area contributed by atoms with Gasteiger partial charge in [0.2, 0.25) is 5.13 Å². The van der Waals surface area contributed by atoms with Crippen LogP contribution in [0.2, 0.25) is 0 Å². The molecule has 2 aromatic rings. The highest BCUT2D eigenvalue weighted by Gasteiger charge is 2.37. The lowest BCUT2D eigenvalue weighted by Crippen LogP contribution is -2.36. The fourth-order valence-electron chi connectivity index (χ4n) is 2.71. The molecule has 22 heavy (non-hydrogen) atoms. The van der Waals surface area contributed by atoms with E-state index in [4.69, 9.17) is 4.42 Å². The summed E-state index contributed by atoms with van der Waals surface area (Å²) in [6.07, 6.45) is 3.31. The van der Waals surface area contributed by atoms with Gasteiger partial charge in [-0.15, -0.1) is 10.2 Å². The summed E-state index contributed by atoms with van der Waals surface area (Å²) < 4.78 is 5.92. The molecule has 0 radical (unpaired) electrons. The van der Waals surface area contributed by atoms with Gasteiger partial charge in [0.25, 0.3) is 0 Å². The maximum absolute atomic E-state index is 12.4. The van der Waals surface area contributed by atoms with Crippen molar-refractivity contribution in [3.63, 3.8) is 0 Å². The van der Waals surface area contributed by atoms with E-state index in [-0.39, 0.29) is 6.03 Å². The van der Waals surface area contributed by atoms with Gasteiger partial charge in [0.05, 0.1) is 6.54 Å². The van der Waals surface area contributed by atoms with Crippen LogP contribution in [0.4, 0.5) is 9.93 Å². The van der Waals surface area contributed by atoms with Crippen molar-refractivity contribution >= 4 is 22.5 Å². The van der Waals surface area contributed by atoms with Gasteiger partial charge in [0.15, 0.2) is 0 Å². The monoisotopic (exact) mass is 318 g/mol. The molecule has 0 saturated heterocycles. The molecule has 2 heterocycles. The van der Waals surface area contributed by atoms with E-state index in [0.717, 1.165) is 30.3 Å². The fourth-order valence-corrected chi connectivity index (χ4v) is 3.14. The Bertz CT molecular complexity index is 665. The predicted octanol–water partition coefficient (Wildman–Crippen LogP) is 3.45. The summed E-state index contributed by atoms with van der Waals surface area (Å²) in [5, 5.41) is 10.9. The molecule has 1 N–H and O–H groups in total. The highest BCUT2D eigenvalue weighted by Crippen LogP contribution is 2.47. The standard InChI is InChI=1S/C15H18N4O2S/c1-9-6-12(9)13-5-4-11(21-13)7-19(10-2-3-10)15(20)17-14-18-16-8-22-14/h4-5,8-10,12H,2-3,6-7H2,1H3,(H,17,18,20)/t9-,12+/m0/s1. The Labute approximate surface area is 132 Å². The number of nitrogens with zero attached hydrogens (tertiary/aromatic N) is 3. The van der Waals surface area contributed by atoms with Crippen molar-refractivity contribution in [2.24, 2.45) is 5.92 Å². The molecule has 4 rings (SSSR count). The molecule has 2 amide bonds. The molecule has 0 aromatic carbocycles. The van der Waals surface area contributed by atoms with Crippen LogP contribution in [0.3, 0.4) is 0 Å². The van der Waals surface area contributed by atoms with Crippen LogP contribution in [0.1, 0.15) is 43.6 Å². The van der Waals surface area contributed by atoms with E-state index in [0.29, 0.717) is 23.6 Å². The summed E-state index contributed by atoms with van der Waals surface area (Å²) in [6.45, 7) is 2.75. The number of rotatable bonds is 5. The van der Waals surface area contributed by atoms with Crippen LogP contribution in [-0.2, 0) is 6.54 Å². The van der Waals surface area contributed by atoms with Crippen molar-refractivity contribution < 1.29 is 9.21 Å². The van der Waals surface area contributed by atoms with Crippen molar-refractivity contribution in [1.29, 1.82) is 0 Å².